The van der Waals surface area contributed by atoms with E-state index in [4.69, 9.17) is 4.98 Å². The molecule has 0 saturated carbocycles. The predicted molar refractivity (Wildman–Crippen MR) is 125 cm³/mol. The van der Waals surface area contributed by atoms with Gasteiger partial charge in [0.25, 0.3) is 0 Å². The second-order valence-electron chi connectivity index (χ2n) is 10.2. The highest BCUT2D eigenvalue weighted by Gasteiger charge is 2.40. The molecule has 3 saturated heterocycles. The first-order chi connectivity index (χ1) is 15.3. The van der Waals surface area contributed by atoms with Crippen LogP contribution in [0.25, 0.3) is 11.2 Å². The van der Waals surface area contributed by atoms with Crippen LogP contribution in [0.15, 0.2) is 35.3 Å². The van der Waals surface area contributed by atoms with Gasteiger partial charge in [0.1, 0.15) is 17.7 Å². The number of nitriles is 1. The minimum atomic E-state index is -0.0231. The average molecular weight is 432 g/mol. The van der Waals surface area contributed by atoms with E-state index in [9.17, 15) is 10.1 Å². The van der Waals surface area contributed by atoms with Gasteiger partial charge in [-0.05, 0) is 42.5 Å². The molecule has 2 bridgehead atoms. The molecule has 3 aromatic rings. The molecule has 166 valence electrons. The van der Waals surface area contributed by atoms with Gasteiger partial charge in [-0.3, -0.25) is 9.13 Å². The minimum absolute atomic E-state index is 0.0000146. The standard InChI is InChI=1S/C24H29N7O/c1-24(2,3)15-31-19-9-10-20(27-22(19)28(4)23(31)32)29-13-18-8-7-17(29)14-30(18)21-16(12-25)6-5-11-26-21/h5-6,9-11,17-18H,7-8,13-15H2,1-4H3. The normalized spacial score (nSPS) is 20.7. The number of piperazine rings is 1. The molecule has 0 aliphatic carbocycles. The summed E-state index contributed by atoms with van der Waals surface area (Å²) in [5.74, 6) is 1.70. The number of hydrogen-bond donors (Lipinski definition) is 0. The summed E-state index contributed by atoms with van der Waals surface area (Å²) >= 11 is 0. The lowest BCUT2D eigenvalue weighted by Crippen LogP contribution is -2.63. The van der Waals surface area contributed by atoms with E-state index in [1.165, 1.54) is 0 Å². The van der Waals surface area contributed by atoms with Gasteiger partial charge < -0.3 is 9.80 Å². The van der Waals surface area contributed by atoms with E-state index in [1.54, 1.807) is 17.8 Å². The van der Waals surface area contributed by atoms with E-state index in [0.717, 1.165) is 48.7 Å². The van der Waals surface area contributed by atoms with Crippen molar-refractivity contribution < 1.29 is 0 Å². The first-order valence-corrected chi connectivity index (χ1v) is 11.2. The molecule has 6 rings (SSSR count). The van der Waals surface area contributed by atoms with E-state index in [2.05, 4.69) is 41.6 Å². The molecular weight excluding hydrogens is 402 g/mol. The summed E-state index contributed by atoms with van der Waals surface area (Å²) in [5, 5.41) is 9.50. The Labute approximate surface area is 187 Å². The van der Waals surface area contributed by atoms with Gasteiger partial charge in [-0.15, -0.1) is 0 Å². The Kier molecular flexibility index (Phi) is 4.73. The molecule has 8 heteroatoms. The summed E-state index contributed by atoms with van der Waals surface area (Å²) in [6, 6.07) is 10.6. The Hall–Kier alpha value is -3.34. The second kappa shape index (κ2) is 7.37. The van der Waals surface area contributed by atoms with Gasteiger partial charge in [0, 0.05) is 45.0 Å². The first kappa shape index (κ1) is 20.6. The van der Waals surface area contributed by atoms with E-state index in [1.807, 2.05) is 28.8 Å². The molecule has 6 heterocycles. The number of aromatic nitrogens is 4. The van der Waals surface area contributed by atoms with Crippen molar-refractivity contribution in [2.24, 2.45) is 12.5 Å². The fraction of sp³-hybridized carbons (Fsp3) is 0.500. The maximum absolute atomic E-state index is 12.9. The highest BCUT2D eigenvalue weighted by molar-refractivity contribution is 5.74. The molecule has 3 aliphatic rings. The fourth-order valence-electron chi connectivity index (χ4n) is 5.13. The quantitative estimate of drug-likeness (QED) is 0.634. The zero-order valence-electron chi connectivity index (χ0n) is 19.1. The summed E-state index contributed by atoms with van der Waals surface area (Å²) in [4.78, 5) is 27.0. The van der Waals surface area contributed by atoms with Crippen LogP contribution in [-0.2, 0) is 13.6 Å². The maximum atomic E-state index is 12.9. The highest BCUT2D eigenvalue weighted by Crippen LogP contribution is 2.35. The van der Waals surface area contributed by atoms with Crippen molar-refractivity contribution in [3.05, 3.63) is 46.5 Å². The predicted octanol–water partition coefficient (Wildman–Crippen LogP) is 2.91. The Balaban J connectivity index is 1.47. The number of imidazole rings is 1. The van der Waals surface area contributed by atoms with Crippen LogP contribution in [0.4, 0.5) is 11.6 Å². The molecular formula is C24H29N7O. The summed E-state index contributed by atoms with van der Waals surface area (Å²) in [6.07, 6.45) is 3.92. The monoisotopic (exact) mass is 431 g/mol. The molecule has 0 N–H and O–H groups in total. The molecule has 32 heavy (non-hydrogen) atoms. The van der Waals surface area contributed by atoms with Crippen molar-refractivity contribution in [2.45, 2.75) is 52.2 Å². The summed E-state index contributed by atoms with van der Waals surface area (Å²) in [6.45, 7) is 8.71. The van der Waals surface area contributed by atoms with Gasteiger partial charge >= 0.3 is 5.69 Å². The van der Waals surface area contributed by atoms with E-state index >= 15 is 0 Å². The van der Waals surface area contributed by atoms with Crippen molar-refractivity contribution in [3.8, 4) is 6.07 Å². The average Bonchev–Trinajstić information content (AvgIpc) is 3.02. The molecule has 2 unspecified atom stereocenters. The summed E-state index contributed by atoms with van der Waals surface area (Å²) in [7, 11) is 1.80. The van der Waals surface area contributed by atoms with Crippen molar-refractivity contribution in [3.63, 3.8) is 0 Å². The molecule has 8 nitrogen and oxygen atoms in total. The Morgan fingerprint density at radius 2 is 1.84 bits per heavy atom. The Morgan fingerprint density at radius 3 is 2.50 bits per heavy atom. The SMILES string of the molecule is Cn1c(=O)n(CC(C)(C)C)c2ccc(N3CC4CCC3CN4c3ncccc3C#N)nc21. The smallest absolute Gasteiger partial charge is 0.330 e. The number of aryl methyl sites for hydroxylation is 1. The van der Waals surface area contributed by atoms with Crippen LogP contribution in [0.3, 0.4) is 0 Å². The highest BCUT2D eigenvalue weighted by atomic mass is 16.1. The molecule has 3 aliphatic heterocycles. The first-order valence-electron chi connectivity index (χ1n) is 11.2. The molecule has 0 spiro atoms. The van der Waals surface area contributed by atoms with Crippen LogP contribution < -0.4 is 15.5 Å². The Bertz CT molecular complexity index is 1280. The van der Waals surface area contributed by atoms with Gasteiger partial charge in [0.15, 0.2) is 5.65 Å². The van der Waals surface area contributed by atoms with Crippen molar-refractivity contribution in [1.29, 1.82) is 5.26 Å². The molecule has 0 amide bonds. The molecule has 0 aromatic carbocycles. The van der Waals surface area contributed by atoms with Crippen LogP contribution >= 0.6 is 0 Å². The fourth-order valence-corrected chi connectivity index (χ4v) is 5.13. The van der Waals surface area contributed by atoms with E-state index < -0.39 is 0 Å². The minimum Gasteiger partial charge on any atom is -0.350 e. The topological polar surface area (TPSA) is 83.0 Å². The number of piperidine rings is 2. The third-order valence-electron chi connectivity index (χ3n) is 6.60. The zero-order valence-corrected chi connectivity index (χ0v) is 19.1. The van der Waals surface area contributed by atoms with Gasteiger partial charge in [-0.1, -0.05) is 20.8 Å². The largest absolute Gasteiger partial charge is 0.350 e. The molecule has 2 atom stereocenters. The third-order valence-corrected chi connectivity index (χ3v) is 6.60. The summed E-state index contributed by atoms with van der Waals surface area (Å²) in [5.41, 5.74) is 2.21. The van der Waals surface area contributed by atoms with Crippen molar-refractivity contribution >= 4 is 22.8 Å². The number of fused-ring (bicyclic) bond motifs is 4. The molecule has 0 radical (unpaired) electrons. The van der Waals surface area contributed by atoms with Crippen LogP contribution in [0.2, 0.25) is 0 Å². The second-order valence-corrected chi connectivity index (χ2v) is 10.2. The third kappa shape index (κ3) is 3.32. The zero-order chi connectivity index (χ0) is 22.6. The lowest BCUT2D eigenvalue weighted by Gasteiger charge is -2.52. The lowest BCUT2D eigenvalue weighted by atomic mass is 9.90. The lowest BCUT2D eigenvalue weighted by molar-refractivity contribution is 0.330. The van der Waals surface area contributed by atoms with Crippen LogP contribution in [0.1, 0.15) is 39.2 Å². The maximum Gasteiger partial charge on any atom is 0.330 e. The van der Waals surface area contributed by atoms with E-state index in [-0.39, 0.29) is 17.1 Å². The number of rotatable bonds is 3. The van der Waals surface area contributed by atoms with Crippen LogP contribution in [0.5, 0.6) is 0 Å². The van der Waals surface area contributed by atoms with Crippen molar-refractivity contribution in [1.82, 2.24) is 19.1 Å². The van der Waals surface area contributed by atoms with Crippen LogP contribution in [0, 0.1) is 16.7 Å². The van der Waals surface area contributed by atoms with Crippen molar-refractivity contribution in [2.75, 3.05) is 22.9 Å². The number of pyridine rings is 2. The van der Waals surface area contributed by atoms with Gasteiger partial charge in [0.2, 0.25) is 0 Å². The van der Waals surface area contributed by atoms with E-state index in [0.29, 0.717) is 18.2 Å². The van der Waals surface area contributed by atoms with Gasteiger partial charge in [-0.2, -0.15) is 5.26 Å². The summed E-state index contributed by atoms with van der Waals surface area (Å²) < 4.78 is 3.49. The van der Waals surface area contributed by atoms with Gasteiger partial charge in [0.05, 0.1) is 11.1 Å². The number of nitrogens with zero attached hydrogens (tertiary/aromatic N) is 7. The van der Waals surface area contributed by atoms with Crippen LogP contribution in [-0.4, -0.2) is 44.3 Å². The number of anilines is 2. The number of hydrogen-bond acceptors (Lipinski definition) is 6. The van der Waals surface area contributed by atoms with Gasteiger partial charge in [-0.25, -0.2) is 14.8 Å². The Morgan fingerprint density at radius 1 is 1.12 bits per heavy atom. The molecule has 3 aromatic heterocycles. The molecule has 3 fully saturated rings.